The minimum Gasteiger partial charge on any atom is -0.311 e. The molecule has 0 heterocycles. The summed E-state index contributed by atoms with van der Waals surface area (Å²) in [7, 11) is 0. The highest BCUT2D eigenvalue weighted by Crippen LogP contribution is 2.39. The van der Waals surface area contributed by atoms with Crippen LogP contribution in [0.2, 0.25) is 0 Å². The lowest BCUT2D eigenvalue weighted by atomic mass is 9.95. The summed E-state index contributed by atoms with van der Waals surface area (Å²) in [6.45, 7) is 2.29. The molecule has 102 valence electrons. The van der Waals surface area contributed by atoms with Gasteiger partial charge < -0.3 is 5.32 Å². The van der Waals surface area contributed by atoms with Crippen molar-refractivity contribution in [3.8, 4) is 0 Å². The number of hydrogen-bond acceptors (Lipinski definition) is 1. The molecule has 2 aliphatic rings. The van der Waals surface area contributed by atoms with E-state index in [1.54, 1.807) is 5.57 Å². The lowest BCUT2D eigenvalue weighted by Gasteiger charge is -2.23. The van der Waals surface area contributed by atoms with E-state index in [-0.39, 0.29) is 0 Å². The Kier molecular flexibility index (Phi) is 4.03. The molecule has 0 amide bonds. The molecule has 0 saturated heterocycles. The van der Waals surface area contributed by atoms with Crippen LogP contribution in [0.25, 0.3) is 6.08 Å². The Balaban J connectivity index is 1.52. The largest absolute Gasteiger partial charge is 0.311 e. The Hall–Kier alpha value is -1.08. The zero-order valence-corrected chi connectivity index (χ0v) is 11.9. The van der Waals surface area contributed by atoms with Gasteiger partial charge in [-0.05, 0) is 37.7 Å². The van der Waals surface area contributed by atoms with E-state index in [4.69, 9.17) is 0 Å². The fraction of sp³-hybridized carbons (Fsp3) is 0.556. The van der Waals surface area contributed by atoms with Gasteiger partial charge in [-0.3, -0.25) is 0 Å². The van der Waals surface area contributed by atoms with Gasteiger partial charge in [0.05, 0.1) is 0 Å². The summed E-state index contributed by atoms with van der Waals surface area (Å²) < 4.78 is 0. The van der Waals surface area contributed by atoms with Crippen molar-refractivity contribution in [1.82, 2.24) is 5.32 Å². The molecule has 1 heteroatoms. The Morgan fingerprint density at radius 1 is 1.11 bits per heavy atom. The van der Waals surface area contributed by atoms with Gasteiger partial charge in [-0.15, -0.1) is 0 Å². The van der Waals surface area contributed by atoms with Crippen LogP contribution in [-0.2, 0) is 0 Å². The Morgan fingerprint density at radius 2 is 1.84 bits per heavy atom. The summed E-state index contributed by atoms with van der Waals surface area (Å²) in [4.78, 5) is 0. The highest BCUT2D eigenvalue weighted by Gasteiger charge is 2.39. The topological polar surface area (TPSA) is 12.0 Å². The summed E-state index contributed by atoms with van der Waals surface area (Å²) in [6, 6.07) is 12.2. The molecule has 1 aromatic carbocycles. The third-order valence-corrected chi connectivity index (χ3v) is 4.62. The van der Waals surface area contributed by atoms with Gasteiger partial charge in [-0.25, -0.2) is 0 Å². The first kappa shape index (κ1) is 12.9. The van der Waals surface area contributed by atoms with Crippen molar-refractivity contribution in [1.29, 1.82) is 0 Å². The van der Waals surface area contributed by atoms with Gasteiger partial charge in [-0.2, -0.15) is 0 Å². The molecule has 1 nitrogen and oxygen atoms in total. The van der Waals surface area contributed by atoms with Crippen LogP contribution in [0.15, 0.2) is 35.9 Å². The van der Waals surface area contributed by atoms with E-state index in [1.807, 2.05) is 0 Å². The van der Waals surface area contributed by atoms with E-state index >= 15 is 0 Å². The molecule has 3 rings (SSSR count). The van der Waals surface area contributed by atoms with Crippen molar-refractivity contribution in [3.05, 3.63) is 41.5 Å². The monoisotopic (exact) mass is 255 g/mol. The molecule has 2 saturated carbocycles. The third kappa shape index (κ3) is 3.48. The smallest absolute Gasteiger partial charge is 0.0142 e. The zero-order chi connectivity index (χ0) is 13.1. The van der Waals surface area contributed by atoms with Gasteiger partial charge in [0.2, 0.25) is 0 Å². The Morgan fingerprint density at radius 3 is 2.58 bits per heavy atom. The average molecular weight is 255 g/mol. The minimum atomic E-state index is 0.753. The molecule has 0 bridgehead atoms. The second-order valence-electron chi connectivity index (χ2n) is 6.25. The second kappa shape index (κ2) is 5.92. The SMILES string of the molecule is C/C(=C\c1ccccc1)[C@@H]1C[C@H]1NC1CCCCC1. The maximum atomic E-state index is 3.87. The number of benzene rings is 1. The highest BCUT2D eigenvalue weighted by atomic mass is 15.0. The van der Waals surface area contributed by atoms with E-state index in [1.165, 1.54) is 44.1 Å². The molecule has 2 aliphatic carbocycles. The van der Waals surface area contributed by atoms with Gasteiger partial charge in [0.15, 0.2) is 0 Å². The van der Waals surface area contributed by atoms with Crippen LogP contribution in [0.5, 0.6) is 0 Å². The van der Waals surface area contributed by atoms with Gasteiger partial charge >= 0.3 is 0 Å². The maximum absolute atomic E-state index is 3.87. The fourth-order valence-electron chi connectivity index (χ4n) is 3.37. The summed E-state index contributed by atoms with van der Waals surface area (Å²) >= 11 is 0. The quantitative estimate of drug-likeness (QED) is 0.841. The van der Waals surface area contributed by atoms with Crippen LogP contribution in [0.3, 0.4) is 0 Å². The lowest BCUT2D eigenvalue weighted by molar-refractivity contribution is 0.368. The van der Waals surface area contributed by atoms with Crippen molar-refractivity contribution >= 4 is 6.08 Å². The predicted molar refractivity (Wildman–Crippen MR) is 82.0 cm³/mol. The molecule has 0 radical (unpaired) electrons. The molecule has 19 heavy (non-hydrogen) atoms. The second-order valence-corrected chi connectivity index (χ2v) is 6.25. The average Bonchev–Trinajstić information content (AvgIpc) is 3.20. The van der Waals surface area contributed by atoms with Gasteiger partial charge in [0.25, 0.3) is 0 Å². The standard InChI is InChI=1S/C18H25N/c1-14(12-15-8-4-2-5-9-15)17-13-18(17)19-16-10-6-3-7-11-16/h2,4-5,8-9,12,16-19H,3,6-7,10-11,13H2,1H3/b14-12+/t17-,18+/m0/s1. The molecule has 0 unspecified atom stereocenters. The zero-order valence-electron chi connectivity index (χ0n) is 11.9. The fourth-order valence-corrected chi connectivity index (χ4v) is 3.37. The summed E-state index contributed by atoms with van der Waals surface area (Å²) in [5.74, 6) is 0.780. The van der Waals surface area contributed by atoms with Crippen molar-refractivity contribution in [3.63, 3.8) is 0 Å². The molecule has 0 aliphatic heterocycles. The predicted octanol–water partition coefficient (Wildman–Crippen LogP) is 4.40. The summed E-state index contributed by atoms with van der Waals surface area (Å²) in [6.07, 6.45) is 10.8. The third-order valence-electron chi connectivity index (χ3n) is 4.62. The number of nitrogens with one attached hydrogen (secondary N) is 1. The van der Waals surface area contributed by atoms with E-state index in [2.05, 4.69) is 48.6 Å². The minimum absolute atomic E-state index is 0.753. The molecule has 2 fully saturated rings. The molecule has 2 atom stereocenters. The molecular weight excluding hydrogens is 230 g/mol. The van der Waals surface area contributed by atoms with Gasteiger partial charge in [-0.1, -0.05) is 61.2 Å². The Labute approximate surface area is 117 Å². The highest BCUT2D eigenvalue weighted by molar-refractivity contribution is 5.53. The molecule has 1 aromatic rings. The summed E-state index contributed by atoms with van der Waals surface area (Å²) in [5, 5.41) is 3.87. The normalized spacial score (nSPS) is 28.4. The number of hydrogen-bond donors (Lipinski definition) is 1. The first-order chi connectivity index (χ1) is 9.33. The van der Waals surface area contributed by atoms with E-state index < -0.39 is 0 Å². The van der Waals surface area contributed by atoms with Crippen LogP contribution in [0, 0.1) is 5.92 Å². The van der Waals surface area contributed by atoms with E-state index in [0.29, 0.717) is 0 Å². The van der Waals surface area contributed by atoms with E-state index in [0.717, 1.165) is 18.0 Å². The van der Waals surface area contributed by atoms with Crippen LogP contribution < -0.4 is 5.32 Å². The van der Waals surface area contributed by atoms with Gasteiger partial charge in [0.1, 0.15) is 0 Å². The maximum Gasteiger partial charge on any atom is 0.0142 e. The molecular formula is C18H25N. The van der Waals surface area contributed by atoms with Gasteiger partial charge in [0, 0.05) is 12.1 Å². The number of rotatable bonds is 4. The van der Waals surface area contributed by atoms with Crippen molar-refractivity contribution in [2.24, 2.45) is 5.92 Å². The van der Waals surface area contributed by atoms with E-state index in [9.17, 15) is 0 Å². The molecule has 1 N–H and O–H groups in total. The lowest BCUT2D eigenvalue weighted by Crippen LogP contribution is -2.33. The van der Waals surface area contributed by atoms with Crippen LogP contribution in [0.1, 0.15) is 51.0 Å². The first-order valence-electron chi connectivity index (χ1n) is 7.82. The van der Waals surface area contributed by atoms with Crippen molar-refractivity contribution < 1.29 is 0 Å². The molecule has 0 spiro atoms. The molecule has 0 aromatic heterocycles. The van der Waals surface area contributed by atoms with Crippen LogP contribution in [-0.4, -0.2) is 12.1 Å². The van der Waals surface area contributed by atoms with Crippen LogP contribution in [0.4, 0.5) is 0 Å². The Bertz CT molecular complexity index is 428. The summed E-state index contributed by atoms with van der Waals surface area (Å²) in [5.41, 5.74) is 2.88. The van der Waals surface area contributed by atoms with Crippen molar-refractivity contribution in [2.45, 2.75) is 57.5 Å². The first-order valence-corrected chi connectivity index (χ1v) is 7.82. The van der Waals surface area contributed by atoms with Crippen molar-refractivity contribution in [2.75, 3.05) is 0 Å². The van der Waals surface area contributed by atoms with Crippen LogP contribution >= 0.6 is 0 Å².